The minimum atomic E-state index is 0.188. The molecular formula is C18H27NO2. The number of rotatable bonds is 7. The van der Waals surface area contributed by atoms with Crippen LogP contribution in [0.1, 0.15) is 56.6 Å². The monoisotopic (exact) mass is 289 g/mol. The van der Waals surface area contributed by atoms with Gasteiger partial charge in [0, 0.05) is 19.6 Å². The Hall–Kier alpha value is -1.35. The zero-order chi connectivity index (χ0) is 14.9. The number of carbonyl (C=O) groups is 1. The summed E-state index contributed by atoms with van der Waals surface area (Å²) in [6.07, 6.45) is 7.03. The fourth-order valence-electron chi connectivity index (χ4n) is 3.00. The molecule has 3 heteroatoms. The molecule has 0 saturated heterocycles. The van der Waals surface area contributed by atoms with Crippen molar-refractivity contribution in [3.05, 3.63) is 35.4 Å². The first-order chi connectivity index (χ1) is 10.3. The zero-order valence-electron chi connectivity index (χ0n) is 13.1. The quantitative estimate of drug-likeness (QED) is 0.829. The second-order valence-corrected chi connectivity index (χ2v) is 5.89. The summed E-state index contributed by atoms with van der Waals surface area (Å²) in [4.78, 5) is 12.1. The summed E-state index contributed by atoms with van der Waals surface area (Å²) in [6, 6.07) is 8.16. The molecule has 1 amide bonds. The van der Waals surface area contributed by atoms with Gasteiger partial charge in [-0.1, -0.05) is 43.5 Å². The molecule has 0 heterocycles. The number of carbonyl (C=O) groups excluding carboxylic acids is 1. The molecule has 21 heavy (non-hydrogen) atoms. The lowest BCUT2D eigenvalue weighted by Gasteiger charge is -2.21. The van der Waals surface area contributed by atoms with E-state index in [9.17, 15) is 4.79 Å². The highest BCUT2D eigenvalue weighted by molar-refractivity contribution is 5.76. The average molecular weight is 289 g/mol. The maximum absolute atomic E-state index is 12.1. The van der Waals surface area contributed by atoms with Crippen LogP contribution >= 0.6 is 0 Å². The second-order valence-electron chi connectivity index (χ2n) is 5.89. The van der Waals surface area contributed by atoms with Crippen molar-refractivity contribution >= 4 is 5.91 Å². The van der Waals surface area contributed by atoms with Crippen LogP contribution in [0.15, 0.2) is 24.3 Å². The van der Waals surface area contributed by atoms with Crippen molar-refractivity contribution in [3.8, 4) is 0 Å². The Bertz CT molecular complexity index is 439. The van der Waals surface area contributed by atoms with Crippen LogP contribution in [-0.4, -0.2) is 12.5 Å². The average Bonchev–Trinajstić information content (AvgIpc) is 2.52. The fourth-order valence-corrected chi connectivity index (χ4v) is 3.00. The largest absolute Gasteiger partial charge is 0.377 e. The predicted molar refractivity (Wildman–Crippen MR) is 84.8 cm³/mol. The smallest absolute Gasteiger partial charge is 0.220 e. The first-order valence-electron chi connectivity index (χ1n) is 8.20. The summed E-state index contributed by atoms with van der Waals surface area (Å²) in [5.41, 5.74) is 2.32. The molecule has 0 aromatic heterocycles. The summed E-state index contributed by atoms with van der Waals surface area (Å²) < 4.78 is 5.48. The standard InChI is InChI=1S/C18H27NO2/c1-2-21-14-17-11-7-6-10-16(17)13-19-18(20)12-15-8-4-3-5-9-15/h6-7,10-11,15H,2-5,8-9,12-14H2,1H3,(H,19,20). The summed E-state index contributed by atoms with van der Waals surface area (Å²) in [7, 11) is 0. The Morgan fingerprint density at radius 2 is 1.90 bits per heavy atom. The molecule has 1 aromatic rings. The molecule has 1 aliphatic carbocycles. The summed E-state index contributed by atoms with van der Waals surface area (Å²) >= 11 is 0. The molecule has 1 N–H and O–H groups in total. The van der Waals surface area contributed by atoms with Gasteiger partial charge in [-0.3, -0.25) is 4.79 Å². The minimum absolute atomic E-state index is 0.188. The van der Waals surface area contributed by atoms with Crippen LogP contribution in [0.3, 0.4) is 0 Å². The molecule has 0 atom stereocenters. The number of amides is 1. The van der Waals surface area contributed by atoms with E-state index < -0.39 is 0 Å². The predicted octanol–water partition coefficient (Wildman–Crippen LogP) is 3.81. The number of ether oxygens (including phenoxy) is 1. The Morgan fingerprint density at radius 1 is 1.19 bits per heavy atom. The number of hydrogen-bond donors (Lipinski definition) is 1. The van der Waals surface area contributed by atoms with Gasteiger partial charge in [-0.05, 0) is 36.8 Å². The van der Waals surface area contributed by atoms with Crippen molar-refractivity contribution in [1.82, 2.24) is 5.32 Å². The first kappa shape index (κ1) is 16.0. The molecule has 1 aromatic carbocycles. The summed E-state index contributed by atoms with van der Waals surface area (Å²) in [5, 5.41) is 3.07. The van der Waals surface area contributed by atoms with Crippen LogP contribution in [-0.2, 0) is 22.7 Å². The second kappa shape index (κ2) is 8.83. The van der Waals surface area contributed by atoms with Crippen LogP contribution in [0.4, 0.5) is 0 Å². The highest BCUT2D eigenvalue weighted by atomic mass is 16.5. The van der Waals surface area contributed by atoms with E-state index in [0.29, 0.717) is 32.1 Å². The SMILES string of the molecule is CCOCc1ccccc1CNC(=O)CC1CCCCC1. The molecule has 0 spiro atoms. The van der Waals surface area contributed by atoms with E-state index in [1.54, 1.807) is 0 Å². The van der Waals surface area contributed by atoms with Crippen molar-refractivity contribution in [2.45, 2.75) is 58.6 Å². The van der Waals surface area contributed by atoms with Gasteiger partial charge in [-0.25, -0.2) is 0 Å². The maximum atomic E-state index is 12.1. The van der Waals surface area contributed by atoms with Gasteiger partial charge in [0.25, 0.3) is 0 Å². The molecule has 1 saturated carbocycles. The van der Waals surface area contributed by atoms with Crippen LogP contribution in [0.25, 0.3) is 0 Å². The lowest BCUT2D eigenvalue weighted by atomic mass is 9.87. The molecule has 0 radical (unpaired) electrons. The molecule has 2 rings (SSSR count). The molecule has 0 unspecified atom stereocenters. The molecule has 116 valence electrons. The third-order valence-electron chi connectivity index (χ3n) is 4.25. The van der Waals surface area contributed by atoms with Gasteiger partial charge in [-0.2, -0.15) is 0 Å². The first-order valence-corrected chi connectivity index (χ1v) is 8.20. The van der Waals surface area contributed by atoms with Crippen LogP contribution < -0.4 is 5.32 Å². The zero-order valence-corrected chi connectivity index (χ0v) is 13.1. The third-order valence-corrected chi connectivity index (χ3v) is 4.25. The van der Waals surface area contributed by atoms with Gasteiger partial charge < -0.3 is 10.1 Å². The molecule has 1 aliphatic rings. The van der Waals surface area contributed by atoms with Crippen molar-refractivity contribution in [2.24, 2.45) is 5.92 Å². The molecule has 0 bridgehead atoms. The van der Waals surface area contributed by atoms with Crippen molar-refractivity contribution in [1.29, 1.82) is 0 Å². The molecule has 0 aliphatic heterocycles. The minimum Gasteiger partial charge on any atom is -0.377 e. The van der Waals surface area contributed by atoms with E-state index in [2.05, 4.69) is 17.4 Å². The Kier molecular flexibility index (Phi) is 6.74. The van der Waals surface area contributed by atoms with E-state index in [4.69, 9.17) is 4.74 Å². The highest BCUT2D eigenvalue weighted by Gasteiger charge is 2.16. The van der Waals surface area contributed by atoms with E-state index in [0.717, 1.165) is 11.1 Å². The van der Waals surface area contributed by atoms with Gasteiger partial charge in [0.1, 0.15) is 0 Å². The molecular weight excluding hydrogens is 262 g/mol. The van der Waals surface area contributed by atoms with Crippen LogP contribution in [0.2, 0.25) is 0 Å². The van der Waals surface area contributed by atoms with Gasteiger partial charge in [-0.15, -0.1) is 0 Å². The van der Waals surface area contributed by atoms with Gasteiger partial charge in [0.15, 0.2) is 0 Å². The summed E-state index contributed by atoms with van der Waals surface area (Å²) in [6.45, 7) is 3.93. The van der Waals surface area contributed by atoms with Crippen molar-refractivity contribution in [2.75, 3.05) is 6.61 Å². The lowest BCUT2D eigenvalue weighted by molar-refractivity contribution is -0.122. The topological polar surface area (TPSA) is 38.3 Å². The van der Waals surface area contributed by atoms with Crippen LogP contribution in [0, 0.1) is 5.92 Å². The molecule has 1 fully saturated rings. The van der Waals surface area contributed by atoms with Crippen molar-refractivity contribution < 1.29 is 9.53 Å². The van der Waals surface area contributed by atoms with E-state index in [1.165, 1.54) is 32.1 Å². The van der Waals surface area contributed by atoms with Gasteiger partial charge in [0.05, 0.1) is 6.61 Å². The summed E-state index contributed by atoms with van der Waals surface area (Å²) in [5.74, 6) is 0.783. The van der Waals surface area contributed by atoms with Gasteiger partial charge in [0.2, 0.25) is 5.91 Å². The molecule has 3 nitrogen and oxygen atoms in total. The fraction of sp³-hybridized carbons (Fsp3) is 0.611. The van der Waals surface area contributed by atoms with Gasteiger partial charge >= 0.3 is 0 Å². The van der Waals surface area contributed by atoms with E-state index >= 15 is 0 Å². The van der Waals surface area contributed by atoms with E-state index in [1.807, 2.05) is 19.1 Å². The number of benzene rings is 1. The normalized spacial score (nSPS) is 15.9. The highest BCUT2D eigenvalue weighted by Crippen LogP contribution is 2.26. The Morgan fingerprint density at radius 3 is 2.62 bits per heavy atom. The van der Waals surface area contributed by atoms with E-state index in [-0.39, 0.29) is 5.91 Å². The van der Waals surface area contributed by atoms with Crippen LogP contribution in [0.5, 0.6) is 0 Å². The Balaban J connectivity index is 1.80. The number of hydrogen-bond acceptors (Lipinski definition) is 2. The maximum Gasteiger partial charge on any atom is 0.220 e. The Labute approximate surface area is 128 Å². The number of nitrogens with one attached hydrogen (secondary N) is 1. The lowest BCUT2D eigenvalue weighted by Crippen LogP contribution is -2.26. The van der Waals surface area contributed by atoms with Crippen molar-refractivity contribution in [3.63, 3.8) is 0 Å². The third kappa shape index (κ3) is 5.50.